The second-order valence-corrected chi connectivity index (χ2v) is 11.8. The van der Waals surface area contributed by atoms with Crippen LogP contribution in [0, 0.1) is 0 Å². The first kappa shape index (κ1) is 36.5. The summed E-state index contributed by atoms with van der Waals surface area (Å²) in [4.78, 5) is 36.7. The van der Waals surface area contributed by atoms with Crippen molar-refractivity contribution in [1.29, 1.82) is 0 Å². The predicted molar refractivity (Wildman–Crippen MR) is 168 cm³/mol. The molecule has 4 heterocycles. The Labute approximate surface area is 283 Å². The molecule has 1 saturated heterocycles. The van der Waals surface area contributed by atoms with Crippen molar-refractivity contribution in [3.63, 3.8) is 0 Å². The zero-order valence-electron chi connectivity index (χ0n) is 27.1. The molecule has 2 aromatic heterocycles. The number of halogens is 6. The first-order valence-electron chi connectivity index (χ1n) is 15.8. The normalized spacial score (nSPS) is 18.0. The Kier molecular flexibility index (Phi) is 10.9. The summed E-state index contributed by atoms with van der Waals surface area (Å²) in [5.74, 6) is -0.729. The number of nitrogens with zero attached hydrogens (tertiary/aromatic N) is 4. The lowest BCUT2D eigenvalue weighted by Gasteiger charge is -2.39. The van der Waals surface area contributed by atoms with E-state index < -0.39 is 47.6 Å². The number of nitrogens with one attached hydrogen (secondary N) is 1. The van der Waals surface area contributed by atoms with Crippen molar-refractivity contribution in [3.8, 4) is 5.88 Å². The van der Waals surface area contributed by atoms with E-state index in [0.29, 0.717) is 67.5 Å². The zero-order chi connectivity index (χ0) is 36.2. The van der Waals surface area contributed by atoms with Crippen molar-refractivity contribution >= 4 is 29.3 Å². The molecule has 2 aliphatic heterocycles. The third-order valence-corrected chi connectivity index (χ3v) is 8.44. The maximum Gasteiger partial charge on any atom is 0.416 e. The van der Waals surface area contributed by atoms with Gasteiger partial charge in [-0.3, -0.25) is 9.69 Å². The van der Waals surface area contributed by atoms with Gasteiger partial charge in [0.2, 0.25) is 5.88 Å². The van der Waals surface area contributed by atoms with Gasteiger partial charge in [0.15, 0.2) is 0 Å². The fraction of sp³-hybridized carbons (Fsp3) is 0.455. The summed E-state index contributed by atoms with van der Waals surface area (Å²) < 4.78 is 98.5. The van der Waals surface area contributed by atoms with E-state index in [1.807, 2.05) is 11.8 Å². The van der Waals surface area contributed by atoms with Crippen molar-refractivity contribution in [3.05, 3.63) is 70.5 Å². The van der Waals surface area contributed by atoms with Crippen molar-refractivity contribution in [2.75, 3.05) is 55.1 Å². The van der Waals surface area contributed by atoms with Gasteiger partial charge in [0, 0.05) is 37.2 Å². The number of ether oxygens (including phenoxy) is 3. The van der Waals surface area contributed by atoms with Gasteiger partial charge in [-0.15, -0.1) is 0 Å². The second kappa shape index (κ2) is 15.0. The van der Waals surface area contributed by atoms with Crippen molar-refractivity contribution in [2.45, 2.75) is 57.0 Å². The number of aliphatic carboxylic acids is 1. The van der Waals surface area contributed by atoms with Gasteiger partial charge < -0.3 is 29.5 Å². The van der Waals surface area contributed by atoms with Crippen molar-refractivity contribution < 1.29 is 55.2 Å². The molecule has 270 valence electrons. The number of carboxylic acids is 1. The number of morpholine rings is 1. The molecule has 0 aliphatic carbocycles. The van der Waals surface area contributed by atoms with E-state index in [0.717, 1.165) is 0 Å². The van der Waals surface area contributed by atoms with Crippen LogP contribution in [0.25, 0.3) is 0 Å². The third-order valence-electron chi connectivity index (χ3n) is 8.44. The van der Waals surface area contributed by atoms with Gasteiger partial charge >= 0.3 is 24.4 Å². The first-order chi connectivity index (χ1) is 23.7. The smallest absolute Gasteiger partial charge is 0.416 e. The summed E-state index contributed by atoms with van der Waals surface area (Å²) in [6.45, 7) is 3.36. The van der Waals surface area contributed by atoms with E-state index >= 15 is 0 Å². The number of methoxy groups -OCH3 is 1. The molecular weight excluding hydrogens is 676 g/mol. The van der Waals surface area contributed by atoms with E-state index in [2.05, 4.69) is 15.3 Å². The number of benzene rings is 1. The first-order valence-corrected chi connectivity index (χ1v) is 15.8. The van der Waals surface area contributed by atoms with Crippen LogP contribution in [0.5, 0.6) is 5.88 Å². The average molecular weight is 712 g/mol. The maximum absolute atomic E-state index is 13.7. The minimum atomic E-state index is -5.02. The highest BCUT2D eigenvalue weighted by molar-refractivity contribution is 5.90. The standard InChI is InChI=1S/C33H35F6N5O6/c1-3-23-17-25(29-26(4-5-27(42-29)48-2)44(23)31(47)50-9-6-28(45)46)41-30-20(15-24(18-40-30)43-7-10-49-11-8-43)12-19-13-21(32(34,35)36)16-22(14-19)33(37,38)39/h4-5,13-16,18,23,25H,3,6-12,17H2,1-2H3,(H,40,41)(H,45,46)/t23-,25+/m1/s1. The van der Waals surface area contributed by atoms with Gasteiger partial charge in [-0.1, -0.05) is 6.92 Å². The summed E-state index contributed by atoms with van der Waals surface area (Å²) in [7, 11) is 1.40. The number of carboxylic acid groups (broad SMARTS) is 1. The van der Waals surface area contributed by atoms with Crippen LogP contribution in [0.3, 0.4) is 0 Å². The lowest BCUT2D eigenvalue weighted by Crippen LogP contribution is -2.46. The fourth-order valence-electron chi connectivity index (χ4n) is 5.99. The molecule has 17 heteroatoms. The number of fused-ring (bicyclic) bond motifs is 1. The molecule has 3 aromatic rings. The Balaban J connectivity index is 1.56. The minimum absolute atomic E-state index is 0.0897. The Morgan fingerprint density at radius 3 is 2.32 bits per heavy atom. The molecule has 0 bridgehead atoms. The van der Waals surface area contributed by atoms with Crippen LogP contribution in [0.4, 0.5) is 48.3 Å². The van der Waals surface area contributed by atoms with Gasteiger partial charge in [0.05, 0.1) is 67.2 Å². The molecule has 50 heavy (non-hydrogen) atoms. The highest BCUT2D eigenvalue weighted by atomic mass is 19.4. The molecule has 0 unspecified atom stereocenters. The monoisotopic (exact) mass is 711 g/mol. The molecule has 0 radical (unpaired) electrons. The molecule has 0 saturated carbocycles. The van der Waals surface area contributed by atoms with E-state index in [4.69, 9.17) is 19.3 Å². The van der Waals surface area contributed by atoms with Crippen LogP contribution >= 0.6 is 0 Å². The molecular formula is C33H35F6N5O6. The fourth-order valence-corrected chi connectivity index (χ4v) is 5.99. The Hall–Kier alpha value is -4.80. The Morgan fingerprint density at radius 2 is 1.72 bits per heavy atom. The van der Waals surface area contributed by atoms with Gasteiger partial charge in [0.1, 0.15) is 12.4 Å². The van der Waals surface area contributed by atoms with Gasteiger partial charge in [0.25, 0.3) is 0 Å². The van der Waals surface area contributed by atoms with E-state index in [-0.39, 0.29) is 49.2 Å². The van der Waals surface area contributed by atoms with Crippen LogP contribution in [0.1, 0.15) is 60.2 Å². The lowest BCUT2D eigenvalue weighted by molar-refractivity contribution is -0.143. The molecule has 5 rings (SSSR count). The van der Waals surface area contributed by atoms with Crippen LogP contribution in [-0.2, 0) is 33.0 Å². The number of hydrogen-bond acceptors (Lipinski definition) is 9. The molecule has 2 aliphatic rings. The zero-order valence-corrected chi connectivity index (χ0v) is 27.1. The van der Waals surface area contributed by atoms with E-state index in [1.54, 1.807) is 18.3 Å². The van der Waals surface area contributed by atoms with E-state index in [1.165, 1.54) is 18.1 Å². The van der Waals surface area contributed by atoms with Crippen molar-refractivity contribution in [1.82, 2.24) is 9.97 Å². The van der Waals surface area contributed by atoms with Crippen molar-refractivity contribution in [2.24, 2.45) is 0 Å². The number of carbonyl (C=O) groups is 2. The number of amides is 1. The van der Waals surface area contributed by atoms with E-state index in [9.17, 15) is 35.9 Å². The molecule has 0 spiro atoms. The molecule has 1 aromatic carbocycles. The summed E-state index contributed by atoms with van der Waals surface area (Å²) in [6, 6.07) is 5.19. The topological polar surface area (TPSA) is 126 Å². The second-order valence-electron chi connectivity index (χ2n) is 11.8. The highest BCUT2D eigenvalue weighted by Gasteiger charge is 2.39. The number of pyridine rings is 2. The van der Waals surface area contributed by atoms with Gasteiger partial charge in [-0.25, -0.2) is 14.8 Å². The van der Waals surface area contributed by atoms with Gasteiger partial charge in [-0.2, -0.15) is 26.3 Å². The molecule has 2 atom stereocenters. The van der Waals surface area contributed by atoms with Crippen LogP contribution in [0.2, 0.25) is 0 Å². The molecule has 1 fully saturated rings. The molecule has 11 nitrogen and oxygen atoms in total. The molecule has 1 amide bonds. The third kappa shape index (κ3) is 8.49. The quantitative estimate of drug-likeness (QED) is 0.220. The Morgan fingerprint density at radius 1 is 1.04 bits per heavy atom. The largest absolute Gasteiger partial charge is 0.481 e. The summed E-state index contributed by atoms with van der Waals surface area (Å²) in [5, 5.41) is 12.3. The molecule has 2 N–H and O–H groups in total. The van der Waals surface area contributed by atoms with Gasteiger partial charge in [-0.05, 0) is 48.7 Å². The lowest BCUT2D eigenvalue weighted by atomic mass is 9.93. The number of aromatic nitrogens is 2. The van der Waals surface area contributed by atoms with Crippen LogP contribution in [-0.4, -0.2) is 73.2 Å². The highest BCUT2D eigenvalue weighted by Crippen LogP contribution is 2.42. The SMILES string of the molecule is CC[C@@H]1C[C@H](Nc2ncc(N3CCOCC3)cc2Cc2cc(C(F)(F)F)cc(C(F)(F)F)c2)c2nc(OC)ccc2N1C(=O)OCCC(=O)O. The van der Waals surface area contributed by atoms with Crippen LogP contribution in [0.15, 0.2) is 42.6 Å². The number of carbonyl (C=O) groups excluding carboxylic acids is 1. The minimum Gasteiger partial charge on any atom is -0.481 e. The summed E-state index contributed by atoms with van der Waals surface area (Å²) >= 11 is 0. The number of alkyl halides is 6. The number of anilines is 3. The maximum atomic E-state index is 13.7. The average Bonchev–Trinajstić information content (AvgIpc) is 3.07. The Bertz CT molecular complexity index is 1670. The number of hydrogen-bond donors (Lipinski definition) is 2. The van der Waals surface area contributed by atoms with Crippen LogP contribution < -0.4 is 19.9 Å². The summed E-state index contributed by atoms with van der Waals surface area (Å²) in [5.41, 5.74) is -1.44. The summed E-state index contributed by atoms with van der Waals surface area (Å²) in [6.07, 6.45) is -9.27. The predicted octanol–water partition coefficient (Wildman–Crippen LogP) is 6.70. The number of rotatable bonds is 10.